The Morgan fingerprint density at radius 1 is 1.11 bits per heavy atom. The van der Waals surface area contributed by atoms with Gasteiger partial charge in [0.25, 0.3) is 0 Å². The normalized spacial score (nSPS) is 30.6. The maximum Gasteiger partial charge on any atom is 0.225 e. The topological polar surface area (TPSA) is 56.8 Å². The molecule has 2 unspecified atom stereocenters. The summed E-state index contributed by atoms with van der Waals surface area (Å²) in [6, 6.07) is 9.15. The van der Waals surface area contributed by atoms with E-state index in [0.29, 0.717) is 12.5 Å². The number of hydrogen-bond acceptors (Lipinski definition) is 5. The summed E-state index contributed by atoms with van der Waals surface area (Å²) in [4.78, 5) is 17.4. The second kappa shape index (κ2) is 9.35. The van der Waals surface area contributed by atoms with Crippen LogP contribution in [0.25, 0.3) is 0 Å². The third-order valence-electron chi connectivity index (χ3n) is 6.48. The van der Waals surface area contributed by atoms with E-state index < -0.39 is 0 Å². The molecule has 1 amide bonds. The van der Waals surface area contributed by atoms with Gasteiger partial charge in [0.15, 0.2) is 0 Å². The van der Waals surface area contributed by atoms with Crippen LogP contribution in [0.5, 0.6) is 0 Å². The lowest BCUT2D eigenvalue weighted by atomic mass is 9.97. The number of carbonyl (C=O) groups excluding carboxylic acids is 1. The molecule has 0 spiro atoms. The van der Waals surface area contributed by atoms with E-state index in [-0.39, 0.29) is 18.4 Å². The average molecular weight is 387 g/mol. The Morgan fingerprint density at radius 3 is 2.75 bits per heavy atom. The Hall–Kier alpha value is -1.47. The molecule has 0 aliphatic carbocycles. The molecule has 3 heterocycles. The molecule has 1 aromatic rings. The third kappa shape index (κ3) is 4.74. The Morgan fingerprint density at radius 2 is 1.93 bits per heavy atom. The molecule has 1 aromatic carbocycles. The first-order valence-electron chi connectivity index (χ1n) is 10.9. The molecule has 4 rings (SSSR count). The van der Waals surface area contributed by atoms with Crippen molar-refractivity contribution in [2.45, 2.75) is 63.9 Å². The molecule has 0 aromatic heterocycles. The molecule has 28 heavy (non-hydrogen) atoms. The average Bonchev–Trinajstić information content (AvgIpc) is 2.95. The number of ether oxygens (including phenoxy) is 1. The van der Waals surface area contributed by atoms with Crippen LogP contribution >= 0.6 is 0 Å². The summed E-state index contributed by atoms with van der Waals surface area (Å²) in [5, 5.41) is 6.98. The molecule has 0 bridgehead atoms. The van der Waals surface area contributed by atoms with Crippen LogP contribution in [-0.4, -0.2) is 67.1 Å². The van der Waals surface area contributed by atoms with Gasteiger partial charge in [-0.3, -0.25) is 19.9 Å². The van der Waals surface area contributed by atoms with Crippen LogP contribution in [0.4, 0.5) is 0 Å². The second-order valence-electron chi connectivity index (χ2n) is 8.38. The Bertz CT molecular complexity index is 662. The maximum atomic E-state index is 12.5. The van der Waals surface area contributed by atoms with Gasteiger partial charge in [-0.05, 0) is 37.3 Å². The number of rotatable bonds is 4. The lowest BCUT2D eigenvalue weighted by Gasteiger charge is -2.45. The van der Waals surface area contributed by atoms with Crippen molar-refractivity contribution in [1.82, 2.24) is 20.4 Å². The number of nitrogens with zero attached hydrogens (tertiary/aromatic N) is 2. The van der Waals surface area contributed by atoms with Crippen LogP contribution in [-0.2, 0) is 16.0 Å². The lowest BCUT2D eigenvalue weighted by Crippen LogP contribution is -2.69. The van der Waals surface area contributed by atoms with Gasteiger partial charge in [-0.2, -0.15) is 0 Å². The van der Waals surface area contributed by atoms with E-state index in [1.54, 1.807) is 0 Å². The molecule has 3 aliphatic rings. The van der Waals surface area contributed by atoms with Crippen molar-refractivity contribution in [3.63, 3.8) is 0 Å². The minimum absolute atomic E-state index is 0.0822. The molecule has 154 valence electrons. The molecular formula is C22H34N4O2. The quantitative estimate of drug-likeness (QED) is 0.827. The molecule has 3 fully saturated rings. The first kappa shape index (κ1) is 19.8. The number of amides is 1. The fourth-order valence-corrected chi connectivity index (χ4v) is 4.82. The monoisotopic (exact) mass is 386 g/mol. The summed E-state index contributed by atoms with van der Waals surface area (Å²) in [5.74, 6) is 0.152. The molecule has 0 saturated carbocycles. The molecule has 3 saturated heterocycles. The molecule has 3 atom stereocenters. The molecule has 6 heteroatoms. The van der Waals surface area contributed by atoms with E-state index in [1.807, 2.05) is 0 Å². The van der Waals surface area contributed by atoms with Gasteiger partial charge in [-0.1, -0.05) is 37.1 Å². The fraction of sp³-hybridized carbons (Fsp3) is 0.682. The number of carbonyl (C=O) groups is 1. The summed E-state index contributed by atoms with van der Waals surface area (Å²) in [7, 11) is 0. The summed E-state index contributed by atoms with van der Waals surface area (Å²) in [6.45, 7) is 6.53. The molecular weight excluding hydrogens is 352 g/mol. The van der Waals surface area contributed by atoms with E-state index in [2.05, 4.69) is 51.6 Å². The van der Waals surface area contributed by atoms with Crippen molar-refractivity contribution in [3.8, 4) is 0 Å². The van der Waals surface area contributed by atoms with Crippen LogP contribution in [0.3, 0.4) is 0 Å². The van der Waals surface area contributed by atoms with Crippen LogP contribution in [0, 0.1) is 6.92 Å². The molecule has 3 aliphatic heterocycles. The summed E-state index contributed by atoms with van der Waals surface area (Å²) >= 11 is 0. The standard InChI is InChI=1S/C22H34N4O2/c1-17-7-4-5-8-18(17)15-19-9-3-2-6-10-26(19)22-23-20(16-21(27)24-22)25-11-13-28-14-12-25/h4-5,7-8,19-20,22-23H,2-3,6,9-16H2,1H3,(H,24,27)/t19-,20?,22?/m1/s1. The maximum absolute atomic E-state index is 12.5. The number of morpholine rings is 1. The van der Waals surface area contributed by atoms with Gasteiger partial charge in [0.1, 0.15) is 6.29 Å². The summed E-state index contributed by atoms with van der Waals surface area (Å²) in [6.07, 6.45) is 6.50. The minimum atomic E-state index is -0.0822. The zero-order chi connectivity index (χ0) is 19.3. The highest BCUT2D eigenvalue weighted by molar-refractivity contribution is 5.77. The van der Waals surface area contributed by atoms with Crippen molar-refractivity contribution in [1.29, 1.82) is 0 Å². The van der Waals surface area contributed by atoms with Gasteiger partial charge in [0, 0.05) is 25.7 Å². The van der Waals surface area contributed by atoms with E-state index in [1.165, 1.54) is 36.8 Å². The number of nitrogens with one attached hydrogen (secondary N) is 2. The largest absolute Gasteiger partial charge is 0.379 e. The lowest BCUT2D eigenvalue weighted by molar-refractivity contribution is -0.131. The van der Waals surface area contributed by atoms with Crippen LogP contribution in [0.15, 0.2) is 24.3 Å². The number of hydrogen-bond donors (Lipinski definition) is 2. The summed E-state index contributed by atoms with van der Waals surface area (Å²) in [5.41, 5.74) is 2.78. The summed E-state index contributed by atoms with van der Waals surface area (Å²) < 4.78 is 5.49. The van der Waals surface area contributed by atoms with Crippen molar-refractivity contribution in [2.75, 3.05) is 32.8 Å². The zero-order valence-corrected chi connectivity index (χ0v) is 17.0. The van der Waals surface area contributed by atoms with Gasteiger partial charge in [-0.15, -0.1) is 0 Å². The van der Waals surface area contributed by atoms with Gasteiger partial charge >= 0.3 is 0 Å². The number of aryl methyl sites for hydroxylation is 1. The highest BCUT2D eigenvalue weighted by atomic mass is 16.5. The smallest absolute Gasteiger partial charge is 0.225 e. The van der Waals surface area contributed by atoms with E-state index in [0.717, 1.165) is 39.3 Å². The van der Waals surface area contributed by atoms with Crippen LogP contribution < -0.4 is 10.6 Å². The SMILES string of the molecule is Cc1ccccc1C[C@H]1CCCCCN1C1NC(=O)CC(N2CCOCC2)N1. The highest BCUT2D eigenvalue weighted by Crippen LogP contribution is 2.24. The third-order valence-corrected chi connectivity index (χ3v) is 6.48. The van der Waals surface area contributed by atoms with E-state index in [9.17, 15) is 4.79 Å². The van der Waals surface area contributed by atoms with Crippen molar-refractivity contribution >= 4 is 5.91 Å². The van der Waals surface area contributed by atoms with Gasteiger partial charge < -0.3 is 10.1 Å². The molecule has 0 radical (unpaired) electrons. The van der Waals surface area contributed by atoms with Crippen LogP contribution in [0.2, 0.25) is 0 Å². The van der Waals surface area contributed by atoms with Crippen molar-refractivity contribution in [2.24, 2.45) is 0 Å². The fourth-order valence-electron chi connectivity index (χ4n) is 4.82. The van der Waals surface area contributed by atoms with E-state index in [4.69, 9.17) is 4.74 Å². The Labute approximate surface area is 168 Å². The van der Waals surface area contributed by atoms with Gasteiger partial charge in [-0.25, -0.2) is 0 Å². The molecule has 2 N–H and O–H groups in total. The highest BCUT2D eigenvalue weighted by Gasteiger charge is 2.36. The first-order chi connectivity index (χ1) is 13.7. The first-order valence-corrected chi connectivity index (χ1v) is 10.9. The Balaban J connectivity index is 1.49. The van der Waals surface area contributed by atoms with Crippen molar-refractivity contribution in [3.05, 3.63) is 35.4 Å². The second-order valence-corrected chi connectivity index (χ2v) is 8.38. The van der Waals surface area contributed by atoms with Gasteiger partial charge in [0.05, 0.1) is 25.8 Å². The molecule has 6 nitrogen and oxygen atoms in total. The predicted octanol–water partition coefficient (Wildman–Crippen LogP) is 1.83. The van der Waals surface area contributed by atoms with E-state index >= 15 is 0 Å². The zero-order valence-electron chi connectivity index (χ0n) is 17.0. The van der Waals surface area contributed by atoms with Crippen molar-refractivity contribution < 1.29 is 9.53 Å². The van der Waals surface area contributed by atoms with Gasteiger partial charge in [0.2, 0.25) is 5.91 Å². The Kier molecular flexibility index (Phi) is 6.62. The van der Waals surface area contributed by atoms with Crippen LogP contribution in [0.1, 0.15) is 43.2 Å². The predicted molar refractivity (Wildman–Crippen MR) is 110 cm³/mol. The number of likely N-dealkylation sites (tertiary alicyclic amines) is 1. The minimum Gasteiger partial charge on any atom is -0.379 e. The number of benzene rings is 1.